The largest absolute Gasteiger partial charge is 0.488 e. The van der Waals surface area contributed by atoms with Gasteiger partial charge in [-0.1, -0.05) is 36.4 Å². The molecular weight excluding hydrogens is 390 g/mol. The molecule has 7 heteroatoms. The Bertz CT molecular complexity index is 869. The Labute approximate surface area is 184 Å². The number of aliphatic imine (C=N–C) groups is 1. The van der Waals surface area contributed by atoms with E-state index in [0.717, 1.165) is 44.9 Å². The molecule has 2 aromatic rings. The monoisotopic (exact) mass is 421 g/mol. The summed E-state index contributed by atoms with van der Waals surface area (Å²) in [7, 11) is 0. The summed E-state index contributed by atoms with van der Waals surface area (Å²) in [4.78, 5) is 21.4. The first-order valence-corrected chi connectivity index (χ1v) is 11.1. The van der Waals surface area contributed by atoms with Gasteiger partial charge in [0.1, 0.15) is 18.4 Å². The van der Waals surface area contributed by atoms with Crippen LogP contribution in [-0.4, -0.2) is 68.7 Å². The highest BCUT2D eigenvalue weighted by Gasteiger charge is 2.23. The van der Waals surface area contributed by atoms with E-state index in [1.165, 1.54) is 11.3 Å². The minimum atomic E-state index is 0.0643. The minimum absolute atomic E-state index is 0.0643. The highest BCUT2D eigenvalue weighted by molar-refractivity contribution is 5.85. The van der Waals surface area contributed by atoms with E-state index in [0.29, 0.717) is 12.5 Å². The summed E-state index contributed by atoms with van der Waals surface area (Å²) in [5, 5.41) is 6.54. The molecule has 7 nitrogen and oxygen atoms in total. The van der Waals surface area contributed by atoms with Gasteiger partial charge in [0.25, 0.3) is 0 Å². The Hall–Kier alpha value is -3.22. The van der Waals surface area contributed by atoms with Gasteiger partial charge in [0.05, 0.1) is 6.54 Å². The van der Waals surface area contributed by atoms with E-state index in [9.17, 15) is 4.79 Å². The third kappa shape index (κ3) is 5.48. The second kappa shape index (κ2) is 10.2. The number of amides is 1. The number of fused-ring (bicyclic) bond motifs is 1. The molecule has 2 heterocycles. The molecule has 1 amide bonds. The second-order valence-electron chi connectivity index (χ2n) is 7.83. The van der Waals surface area contributed by atoms with Gasteiger partial charge in [0.2, 0.25) is 5.91 Å². The minimum Gasteiger partial charge on any atom is -0.488 e. The number of hydrogen-bond acceptors (Lipinski definition) is 4. The van der Waals surface area contributed by atoms with Crippen molar-refractivity contribution in [3.63, 3.8) is 0 Å². The van der Waals surface area contributed by atoms with Gasteiger partial charge in [-0.25, -0.2) is 4.99 Å². The van der Waals surface area contributed by atoms with Gasteiger partial charge in [-0.05, 0) is 30.7 Å². The molecule has 0 saturated carbocycles. The molecule has 2 N–H and O–H groups in total. The van der Waals surface area contributed by atoms with Crippen molar-refractivity contribution in [1.29, 1.82) is 0 Å². The van der Waals surface area contributed by atoms with Crippen LogP contribution < -0.4 is 20.3 Å². The lowest BCUT2D eigenvalue weighted by Crippen LogP contribution is -2.50. The van der Waals surface area contributed by atoms with Crippen molar-refractivity contribution in [3.05, 3.63) is 60.2 Å². The molecule has 2 aliphatic rings. The van der Waals surface area contributed by atoms with Crippen molar-refractivity contribution in [2.75, 3.05) is 50.7 Å². The van der Waals surface area contributed by atoms with Gasteiger partial charge < -0.3 is 25.2 Å². The Morgan fingerprint density at radius 1 is 1.03 bits per heavy atom. The Kier molecular flexibility index (Phi) is 6.92. The van der Waals surface area contributed by atoms with E-state index in [1.807, 2.05) is 48.2 Å². The molecule has 0 bridgehead atoms. The van der Waals surface area contributed by atoms with Crippen LogP contribution in [0.1, 0.15) is 12.5 Å². The molecule has 1 fully saturated rings. The number of guanidine groups is 1. The second-order valence-corrected chi connectivity index (χ2v) is 7.83. The number of hydrogen-bond donors (Lipinski definition) is 2. The number of nitrogens with zero attached hydrogens (tertiary/aromatic N) is 3. The van der Waals surface area contributed by atoms with Crippen molar-refractivity contribution >= 4 is 17.6 Å². The first-order chi connectivity index (χ1) is 15.2. The van der Waals surface area contributed by atoms with Crippen LogP contribution in [0.25, 0.3) is 0 Å². The SMILES string of the molecule is CCNC(=NCC(=O)N1CCN(c2ccccc2)CC1)NCC1Cc2ccccc2O1. The van der Waals surface area contributed by atoms with Gasteiger partial charge in [-0.2, -0.15) is 0 Å². The molecule has 0 aliphatic carbocycles. The lowest BCUT2D eigenvalue weighted by molar-refractivity contribution is -0.129. The molecule has 1 saturated heterocycles. The van der Waals surface area contributed by atoms with Crippen LogP contribution in [0.3, 0.4) is 0 Å². The number of nitrogens with one attached hydrogen (secondary N) is 2. The number of para-hydroxylation sites is 2. The summed E-state index contributed by atoms with van der Waals surface area (Å²) >= 11 is 0. The summed E-state index contributed by atoms with van der Waals surface area (Å²) in [5.41, 5.74) is 2.45. The van der Waals surface area contributed by atoms with Crippen LogP contribution in [0.15, 0.2) is 59.6 Å². The number of rotatable bonds is 6. The standard InChI is InChI=1S/C24H31N5O2/c1-2-25-24(26-17-21-16-19-8-6-7-11-22(19)31-21)27-18-23(30)29-14-12-28(13-15-29)20-9-4-3-5-10-20/h3-11,21H,2,12-18H2,1H3,(H2,25,26,27). The van der Waals surface area contributed by atoms with Crippen molar-refractivity contribution in [3.8, 4) is 5.75 Å². The van der Waals surface area contributed by atoms with E-state index >= 15 is 0 Å². The molecule has 31 heavy (non-hydrogen) atoms. The molecule has 4 rings (SSSR count). The number of piperazine rings is 1. The lowest BCUT2D eigenvalue weighted by atomic mass is 10.1. The average molecular weight is 422 g/mol. The highest BCUT2D eigenvalue weighted by atomic mass is 16.5. The smallest absolute Gasteiger partial charge is 0.244 e. The zero-order valence-electron chi connectivity index (χ0n) is 18.1. The number of anilines is 1. The van der Waals surface area contributed by atoms with E-state index in [2.05, 4.69) is 38.7 Å². The van der Waals surface area contributed by atoms with Crippen LogP contribution >= 0.6 is 0 Å². The van der Waals surface area contributed by atoms with E-state index in [-0.39, 0.29) is 18.6 Å². The number of benzene rings is 2. The summed E-state index contributed by atoms with van der Waals surface area (Å²) in [6.07, 6.45) is 0.954. The van der Waals surface area contributed by atoms with Crippen LogP contribution in [-0.2, 0) is 11.2 Å². The molecule has 0 aromatic heterocycles. The molecule has 1 unspecified atom stereocenters. The maximum Gasteiger partial charge on any atom is 0.244 e. The van der Waals surface area contributed by atoms with Crippen molar-refractivity contribution in [2.45, 2.75) is 19.4 Å². The number of carbonyl (C=O) groups is 1. The van der Waals surface area contributed by atoms with Gasteiger partial charge in [0.15, 0.2) is 5.96 Å². The van der Waals surface area contributed by atoms with Gasteiger partial charge in [-0.15, -0.1) is 0 Å². The quantitative estimate of drug-likeness (QED) is 0.551. The van der Waals surface area contributed by atoms with Gasteiger partial charge in [0, 0.05) is 44.8 Å². The zero-order valence-corrected chi connectivity index (χ0v) is 18.1. The topological polar surface area (TPSA) is 69.2 Å². The fraction of sp³-hybridized carbons (Fsp3) is 0.417. The zero-order chi connectivity index (χ0) is 21.5. The molecule has 2 aromatic carbocycles. The van der Waals surface area contributed by atoms with Crippen LogP contribution in [0.4, 0.5) is 5.69 Å². The van der Waals surface area contributed by atoms with Crippen molar-refractivity contribution < 1.29 is 9.53 Å². The van der Waals surface area contributed by atoms with Crippen LogP contribution in [0.2, 0.25) is 0 Å². The molecular formula is C24H31N5O2. The molecule has 164 valence electrons. The van der Waals surface area contributed by atoms with E-state index < -0.39 is 0 Å². The number of carbonyl (C=O) groups excluding carboxylic acids is 1. The molecule has 1 atom stereocenters. The van der Waals surface area contributed by atoms with Crippen LogP contribution in [0, 0.1) is 0 Å². The van der Waals surface area contributed by atoms with E-state index in [1.54, 1.807) is 0 Å². The van der Waals surface area contributed by atoms with E-state index in [4.69, 9.17) is 4.74 Å². The first-order valence-electron chi connectivity index (χ1n) is 11.1. The predicted octanol–water partition coefficient (Wildman–Crippen LogP) is 1.89. The molecule has 0 spiro atoms. The summed E-state index contributed by atoms with van der Waals surface area (Å²) < 4.78 is 5.98. The maximum absolute atomic E-state index is 12.7. The highest BCUT2D eigenvalue weighted by Crippen LogP contribution is 2.27. The van der Waals surface area contributed by atoms with Crippen molar-refractivity contribution in [1.82, 2.24) is 15.5 Å². The predicted molar refractivity (Wildman–Crippen MR) is 124 cm³/mol. The Balaban J connectivity index is 1.24. The van der Waals surface area contributed by atoms with Crippen LogP contribution in [0.5, 0.6) is 5.75 Å². The Morgan fingerprint density at radius 3 is 2.52 bits per heavy atom. The Morgan fingerprint density at radius 2 is 1.77 bits per heavy atom. The molecule has 2 aliphatic heterocycles. The van der Waals surface area contributed by atoms with Gasteiger partial charge in [-0.3, -0.25) is 4.79 Å². The third-order valence-electron chi connectivity index (χ3n) is 5.68. The number of ether oxygens (including phenoxy) is 1. The first kappa shape index (κ1) is 21.0. The normalized spacial score (nSPS) is 18.4. The fourth-order valence-corrected chi connectivity index (χ4v) is 4.02. The lowest BCUT2D eigenvalue weighted by Gasteiger charge is -2.36. The summed E-state index contributed by atoms with van der Waals surface area (Å²) in [5.74, 6) is 1.67. The summed E-state index contributed by atoms with van der Waals surface area (Å²) in [6, 6.07) is 18.5. The van der Waals surface area contributed by atoms with Gasteiger partial charge >= 0.3 is 0 Å². The fourth-order valence-electron chi connectivity index (χ4n) is 4.02. The van der Waals surface area contributed by atoms with Crippen molar-refractivity contribution in [2.24, 2.45) is 4.99 Å². The maximum atomic E-state index is 12.7. The third-order valence-corrected chi connectivity index (χ3v) is 5.68. The summed E-state index contributed by atoms with van der Waals surface area (Å²) in [6.45, 7) is 6.68. The average Bonchev–Trinajstić information content (AvgIpc) is 3.24. The molecule has 0 radical (unpaired) electrons.